The highest BCUT2D eigenvalue weighted by Gasteiger charge is 2.18. The van der Waals surface area contributed by atoms with Gasteiger partial charge in [0.05, 0.1) is 0 Å². The second kappa shape index (κ2) is 11.0. The zero-order valence-corrected chi connectivity index (χ0v) is 28.3. The quantitative estimate of drug-likeness (QED) is 0.174. The van der Waals surface area contributed by atoms with Gasteiger partial charge in [-0.2, -0.15) is 0 Å². The average molecular weight is 668 g/mol. The van der Waals surface area contributed by atoms with Crippen molar-refractivity contribution in [1.82, 2.24) is 0 Å². The number of nitrogens with zero attached hydrogens (tertiary/aromatic N) is 1. The molecule has 0 radical (unpaired) electrons. The lowest BCUT2D eigenvalue weighted by Gasteiger charge is -2.26. The summed E-state index contributed by atoms with van der Waals surface area (Å²) >= 11 is 1.85. The molecule has 0 aliphatic heterocycles. The highest BCUT2D eigenvalue weighted by Crippen LogP contribution is 2.43. The summed E-state index contributed by atoms with van der Waals surface area (Å²) in [5, 5.41) is 12.5. The van der Waals surface area contributed by atoms with E-state index in [-0.39, 0.29) is 0 Å². The number of rotatable bonds is 4. The maximum atomic E-state index is 6.38. The van der Waals surface area contributed by atoms with Gasteiger partial charge in [0.1, 0.15) is 11.2 Å². The average Bonchev–Trinajstić information content (AvgIpc) is 3.75. The Morgan fingerprint density at radius 3 is 1.90 bits per heavy atom. The molecule has 0 aliphatic rings. The van der Waals surface area contributed by atoms with Gasteiger partial charge >= 0.3 is 0 Å². The van der Waals surface area contributed by atoms with Crippen molar-refractivity contribution in [2.24, 2.45) is 0 Å². The molecule has 11 rings (SSSR count). The van der Waals surface area contributed by atoms with Gasteiger partial charge in [-0.3, -0.25) is 0 Å². The molecule has 2 aromatic heterocycles. The molecule has 3 heteroatoms. The molecular formula is C48H29NOS. The predicted molar refractivity (Wildman–Crippen MR) is 219 cm³/mol. The summed E-state index contributed by atoms with van der Waals surface area (Å²) < 4.78 is 8.96. The molecule has 9 aromatic carbocycles. The Hall–Kier alpha value is -6.42. The van der Waals surface area contributed by atoms with Crippen LogP contribution in [0.5, 0.6) is 0 Å². The van der Waals surface area contributed by atoms with Crippen molar-refractivity contribution in [3.05, 3.63) is 176 Å². The molecule has 0 saturated carbocycles. The Kier molecular flexibility index (Phi) is 6.16. The Labute approximate surface area is 298 Å². The summed E-state index contributed by atoms with van der Waals surface area (Å²) in [4.78, 5) is 2.35. The van der Waals surface area contributed by atoms with E-state index in [1.54, 1.807) is 0 Å². The first-order chi connectivity index (χ1) is 25.3. The molecule has 11 aromatic rings. The van der Waals surface area contributed by atoms with Crippen molar-refractivity contribution in [1.29, 1.82) is 0 Å². The van der Waals surface area contributed by atoms with Gasteiger partial charge < -0.3 is 9.32 Å². The summed E-state index contributed by atoms with van der Waals surface area (Å²) in [6.45, 7) is 0. The van der Waals surface area contributed by atoms with Crippen molar-refractivity contribution in [3.63, 3.8) is 0 Å². The number of hydrogen-bond acceptors (Lipinski definition) is 3. The van der Waals surface area contributed by atoms with Crippen LogP contribution in [0.3, 0.4) is 0 Å². The third kappa shape index (κ3) is 4.42. The van der Waals surface area contributed by atoms with Crippen LogP contribution in [0.1, 0.15) is 0 Å². The lowest BCUT2D eigenvalue weighted by atomic mass is 9.92. The number of furan rings is 1. The molecule has 2 heterocycles. The van der Waals surface area contributed by atoms with Crippen LogP contribution in [-0.4, -0.2) is 0 Å². The second-order valence-corrected chi connectivity index (χ2v) is 14.4. The minimum atomic E-state index is 0.883. The van der Waals surface area contributed by atoms with Crippen LogP contribution in [0, 0.1) is 0 Å². The molecule has 0 fully saturated rings. The second-order valence-electron chi connectivity index (χ2n) is 13.3. The van der Waals surface area contributed by atoms with Gasteiger partial charge in [-0.15, -0.1) is 11.3 Å². The topological polar surface area (TPSA) is 16.4 Å². The summed E-state index contributed by atoms with van der Waals surface area (Å²) in [5.41, 5.74) is 7.47. The lowest BCUT2D eigenvalue weighted by molar-refractivity contribution is 0.669. The molecule has 238 valence electrons. The van der Waals surface area contributed by atoms with E-state index in [1.165, 1.54) is 63.6 Å². The van der Waals surface area contributed by atoms with Crippen molar-refractivity contribution in [3.8, 4) is 11.1 Å². The first-order valence-corrected chi connectivity index (χ1v) is 18.1. The van der Waals surface area contributed by atoms with E-state index in [0.29, 0.717) is 0 Å². The fourth-order valence-electron chi connectivity index (χ4n) is 8.06. The van der Waals surface area contributed by atoms with E-state index in [0.717, 1.165) is 39.0 Å². The Bertz CT molecular complexity index is 3040. The van der Waals surface area contributed by atoms with Crippen molar-refractivity contribution < 1.29 is 4.42 Å². The molecule has 0 bridgehead atoms. The molecule has 51 heavy (non-hydrogen) atoms. The van der Waals surface area contributed by atoms with Crippen molar-refractivity contribution in [2.75, 3.05) is 4.90 Å². The van der Waals surface area contributed by atoms with Crippen LogP contribution in [0.15, 0.2) is 180 Å². The zero-order chi connectivity index (χ0) is 33.5. The minimum absolute atomic E-state index is 0.883. The van der Waals surface area contributed by atoms with E-state index < -0.39 is 0 Å². The first kappa shape index (κ1) is 28.4. The lowest BCUT2D eigenvalue weighted by Crippen LogP contribution is -2.09. The standard InChI is InChI=1S/C48H29NOS/c1-2-9-37-30(8-1)16-17-32-20-25-38-36(12-7-13-43(38)48(32)37)31-18-21-33(22-19-31)49(34-23-26-40-39-10-3-5-14-44(39)50-45(40)28-34)35-24-27-42-41-11-4-6-15-46(41)51-47(42)29-35/h1-29H. The van der Waals surface area contributed by atoms with Crippen LogP contribution < -0.4 is 4.90 Å². The van der Waals surface area contributed by atoms with E-state index in [9.17, 15) is 0 Å². The minimum Gasteiger partial charge on any atom is -0.456 e. The number of benzene rings is 9. The highest BCUT2D eigenvalue weighted by atomic mass is 32.1. The number of anilines is 3. The van der Waals surface area contributed by atoms with Gasteiger partial charge in [0.15, 0.2) is 0 Å². The van der Waals surface area contributed by atoms with Gasteiger partial charge in [-0.25, -0.2) is 0 Å². The zero-order valence-electron chi connectivity index (χ0n) is 27.5. The molecule has 0 N–H and O–H groups in total. The maximum absolute atomic E-state index is 6.38. The fourth-order valence-corrected chi connectivity index (χ4v) is 9.20. The largest absolute Gasteiger partial charge is 0.456 e. The molecule has 0 saturated heterocycles. The Balaban J connectivity index is 1.07. The molecule has 0 unspecified atom stereocenters. The Morgan fingerprint density at radius 1 is 0.373 bits per heavy atom. The smallest absolute Gasteiger partial charge is 0.137 e. The van der Waals surface area contributed by atoms with Crippen LogP contribution in [0.4, 0.5) is 17.1 Å². The summed E-state index contributed by atoms with van der Waals surface area (Å²) in [6, 6.07) is 63.8. The number of fused-ring (bicyclic) bond motifs is 11. The molecule has 0 spiro atoms. The SMILES string of the molecule is c1ccc2c(c1)ccc1ccc3c(-c4ccc(N(c5ccc6c(c5)oc5ccccc56)c5ccc6c(c5)sc5ccccc56)cc4)cccc3c12. The number of hydrogen-bond donors (Lipinski definition) is 0. The fraction of sp³-hybridized carbons (Fsp3) is 0. The van der Waals surface area contributed by atoms with Crippen LogP contribution in [0.2, 0.25) is 0 Å². The number of thiophene rings is 1. The van der Waals surface area contributed by atoms with E-state index in [4.69, 9.17) is 4.42 Å². The normalized spacial score (nSPS) is 11.9. The van der Waals surface area contributed by atoms with Crippen molar-refractivity contribution in [2.45, 2.75) is 0 Å². The summed E-state index contributed by atoms with van der Waals surface area (Å²) in [5.74, 6) is 0. The van der Waals surface area contributed by atoms with E-state index in [1.807, 2.05) is 23.5 Å². The number of para-hydroxylation sites is 1. The van der Waals surface area contributed by atoms with Crippen LogP contribution in [0.25, 0.3) is 85.6 Å². The predicted octanol–water partition coefficient (Wildman–Crippen LogP) is 14.6. The highest BCUT2D eigenvalue weighted by molar-refractivity contribution is 7.25. The monoisotopic (exact) mass is 667 g/mol. The molecule has 0 aliphatic carbocycles. The third-order valence-corrected chi connectivity index (χ3v) is 11.6. The molecule has 0 atom stereocenters. The summed E-state index contributed by atoms with van der Waals surface area (Å²) in [7, 11) is 0. The van der Waals surface area contributed by atoms with Gasteiger partial charge in [0, 0.05) is 54.1 Å². The maximum Gasteiger partial charge on any atom is 0.137 e. The van der Waals surface area contributed by atoms with Crippen molar-refractivity contribution >= 4 is 103 Å². The van der Waals surface area contributed by atoms with Gasteiger partial charge in [0.2, 0.25) is 0 Å². The van der Waals surface area contributed by atoms with Crippen LogP contribution >= 0.6 is 11.3 Å². The van der Waals surface area contributed by atoms with Gasteiger partial charge in [-0.05, 0) is 92.0 Å². The summed E-state index contributed by atoms with van der Waals surface area (Å²) in [6.07, 6.45) is 0. The molecular weight excluding hydrogens is 639 g/mol. The van der Waals surface area contributed by atoms with Gasteiger partial charge in [-0.1, -0.05) is 121 Å². The van der Waals surface area contributed by atoms with E-state index >= 15 is 0 Å². The third-order valence-electron chi connectivity index (χ3n) is 10.4. The molecule has 0 amide bonds. The van der Waals surface area contributed by atoms with E-state index in [2.05, 4.69) is 169 Å². The molecule has 2 nitrogen and oxygen atoms in total. The van der Waals surface area contributed by atoms with Crippen LogP contribution in [-0.2, 0) is 0 Å². The first-order valence-electron chi connectivity index (χ1n) is 17.3. The van der Waals surface area contributed by atoms with Gasteiger partial charge in [0.25, 0.3) is 0 Å². The Morgan fingerprint density at radius 2 is 1.00 bits per heavy atom.